The molecule has 1 unspecified atom stereocenters. The minimum atomic E-state index is -0.857. The Hall–Kier alpha value is -4.46. The summed E-state index contributed by atoms with van der Waals surface area (Å²) in [5.74, 6) is -1.08. The molecule has 2 heterocycles. The number of halogens is 1. The van der Waals surface area contributed by atoms with Crippen LogP contribution in [0.5, 0.6) is 5.75 Å². The van der Waals surface area contributed by atoms with Crippen LogP contribution in [0.15, 0.2) is 75.9 Å². The second-order valence-electron chi connectivity index (χ2n) is 8.93. The van der Waals surface area contributed by atoms with E-state index in [1.54, 1.807) is 48.5 Å². The molecule has 38 heavy (non-hydrogen) atoms. The standard InChI is InChI=1S/C30H26FNO6/c1-3-5-15-37-30(35)18-9-12-21(13-10-18)32-26(19-7-6-8-22(16-19)36-4-2)25-27(33)23-17-20(31)11-14-24(23)38-28(25)29(32)34/h6-14,16-17,26H,3-5,15H2,1-2H3. The lowest BCUT2D eigenvalue weighted by Gasteiger charge is -2.25. The van der Waals surface area contributed by atoms with Crippen LogP contribution in [0.2, 0.25) is 0 Å². The van der Waals surface area contributed by atoms with Crippen LogP contribution in [-0.4, -0.2) is 25.1 Å². The van der Waals surface area contributed by atoms with Gasteiger partial charge in [0.05, 0.1) is 35.8 Å². The lowest BCUT2D eigenvalue weighted by atomic mass is 9.98. The highest BCUT2D eigenvalue weighted by molar-refractivity contribution is 6.10. The molecule has 194 valence electrons. The molecule has 1 aromatic heterocycles. The first-order valence-electron chi connectivity index (χ1n) is 12.5. The number of ether oxygens (including phenoxy) is 2. The molecule has 0 bridgehead atoms. The van der Waals surface area contributed by atoms with Crippen LogP contribution in [0.4, 0.5) is 10.1 Å². The molecule has 1 aliphatic rings. The first kappa shape index (κ1) is 25.2. The van der Waals surface area contributed by atoms with Crippen molar-refractivity contribution in [2.24, 2.45) is 0 Å². The number of benzene rings is 3. The van der Waals surface area contributed by atoms with Crippen molar-refractivity contribution in [1.82, 2.24) is 0 Å². The lowest BCUT2D eigenvalue weighted by molar-refractivity contribution is 0.0499. The van der Waals surface area contributed by atoms with E-state index in [1.807, 2.05) is 13.8 Å². The quantitative estimate of drug-likeness (QED) is 0.210. The largest absolute Gasteiger partial charge is 0.494 e. The van der Waals surface area contributed by atoms with Crippen LogP contribution in [-0.2, 0) is 4.74 Å². The van der Waals surface area contributed by atoms with Crippen LogP contribution >= 0.6 is 0 Å². The number of unbranched alkanes of at least 4 members (excludes halogenated alkanes) is 1. The van der Waals surface area contributed by atoms with Crippen molar-refractivity contribution in [3.8, 4) is 5.75 Å². The molecule has 0 aliphatic carbocycles. The fraction of sp³-hybridized carbons (Fsp3) is 0.233. The Bertz CT molecular complexity index is 1580. The number of carbonyl (C=O) groups excluding carboxylic acids is 2. The van der Waals surface area contributed by atoms with Crippen molar-refractivity contribution >= 4 is 28.5 Å². The predicted molar refractivity (Wildman–Crippen MR) is 140 cm³/mol. The zero-order valence-electron chi connectivity index (χ0n) is 21.0. The summed E-state index contributed by atoms with van der Waals surface area (Å²) >= 11 is 0. The summed E-state index contributed by atoms with van der Waals surface area (Å²) in [6.45, 7) is 4.64. The molecule has 0 N–H and O–H groups in total. The Morgan fingerprint density at radius 1 is 1.03 bits per heavy atom. The van der Waals surface area contributed by atoms with Crippen LogP contribution in [0.3, 0.4) is 0 Å². The molecular formula is C30H26FNO6. The summed E-state index contributed by atoms with van der Waals surface area (Å²) in [6, 6.07) is 16.3. The maximum Gasteiger partial charge on any atom is 0.338 e. The van der Waals surface area contributed by atoms with Gasteiger partial charge in [0.15, 0.2) is 5.43 Å². The molecule has 4 aromatic rings. The average Bonchev–Trinajstić information content (AvgIpc) is 3.22. The van der Waals surface area contributed by atoms with Gasteiger partial charge in [-0.3, -0.25) is 14.5 Å². The SMILES string of the molecule is CCCCOC(=O)c1ccc(N2C(=O)c3oc4ccc(F)cc4c(=O)c3C2c2cccc(OCC)c2)cc1. The van der Waals surface area contributed by atoms with E-state index >= 15 is 0 Å². The molecule has 0 saturated carbocycles. The Morgan fingerprint density at radius 2 is 1.82 bits per heavy atom. The molecule has 3 aromatic carbocycles. The number of carbonyl (C=O) groups is 2. The van der Waals surface area contributed by atoms with Gasteiger partial charge in [-0.05, 0) is 73.5 Å². The molecule has 0 spiro atoms. The van der Waals surface area contributed by atoms with Crippen molar-refractivity contribution in [1.29, 1.82) is 0 Å². The molecule has 1 aliphatic heterocycles. The topological polar surface area (TPSA) is 86.0 Å². The van der Waals surface area contributed by atoms with E-state index in [0.29, 0.717) is 35.8 Å². The maximum atomic E-state index is 14.0. The number of anilines is 1. The lowest BCUT2D eigenvalue weighted by Crippen LogP contribution is -2.29. The van der Waals surface area contributed by atoms with Gasteiger partial charge >= 0.3 is 5.97 Å². The van der Waals surface area contributed by atoms with Gasteiger partial charge < -0.3 is 13.9 Å². The van der Waals surface area contributed by atoms with E-state index < -0.39 is 29.2 Å². The van der Waals surface area contributed by atoms with Gasteiger partial charge in [-0.25, -0.2) is 9.18 Å². The third-order valence-electron chi connectivity index (χ3n) is 6.43. The molecule has 0 radical (unpaired) electrons. The van der Waals surface area contributed by atoms with E-state index in [0.717, 1.165) is 18.9 Å². The number of rotatable bonds is 8. The zero-order valence-corrected chi connectivity index (χ0v) is 21.0. The highest BCUT2D eigenvalue weighted by Gasteiger charge is 2.43. The molecular weight excluding hydrogens is 489 g/mol. The van der Waals surface area contributed by atoms with Gasteiger partial charge in [0, 0.05) is 5.69 Å². The van der Waals surface area contributed by atoms with Gasteiger partial charge in [0.2, 0.25) is 5.76 Å². The van der Waals surface area contributed by atoms with Gasteiger partial charge in [0.1, 0.15) is 17.1 Å². The first-order valence-corrected chi connectivity index (χ1v) is 12.5. The third kappa shape index (κ3) is 4.53. The van der Waals surface area contributed by atoms with Crippen LogP contribution < -0.4 is 15.1 Å². The summed E-state index contributed by atoms with van der Waals surface area (Å²) in [6.07, 6.45) is 1.68. The number of hydrogen-bond donors (Lipinski definition) is 0. The van der Waals surface area contributed by atoms with Gasteiger partial charge in [-0.2, -0.15) is 0 Å². The highest BCUT2D eigenvalue weighted by Crippen LogP contribution is 2.42. The maximum absolute atomic E-state index is 14.0. The number of amides is 1. The van der Waals surface area contributed by atoms with Crippen molar-refractivity contribution in [2.45, 2.75) is 32.7 Å². The minimum absolute atomic E-state index is 0.0505. The molecule has 8 heteroatoms. The monoisotopic (exact) mass is 515 g/mol. The summed E-state index contributed by atoms with van der Waals surface area (Å²) in [5, 5.41) is 0.0505. The Balaban J connectivity index is 1.63. The predicted octanol–water partition coefficient (Wildman–Crippen LogP) is 6.04. The molecule has 1 atom stereocenters. The summed E-state index contributed by atoms with van der Waals surface area (Å²) in [7, 11) is 0. The van der Waals surface area contributed by atoms with Crippen LogP contribution in [0, 0.1) is 5.82 Å². The van der Waals surface area contributed by atoms with E-state index in [9.17, 15) is 18.8 Å². The highest BCUT2D eigenvalue weighted by atomic mass is 19.1. The normalized spacial score (nSPS) is 14.6. The summed E-state index contributed by atoms with van der Waals surface area (Å²) < 4.78 is 30.9. The average molecular weight is 516 g/mol. The van der Waals surface area contributed by atoms with Crippen molar-refractivity contribution in [3.05, 3.63) is 105 Å². The van der Waals surface area contributed by atoms with Crippen molar-refractivity contribution in [3.63, 3.8) is 0 Å². The number of fused-ring (bicyclic) bond motifs is 2. The fourth-order valence-electron chi connectivity index (χ4n) is 4.62. The Labute approximate surface area is 218 Å². The number of nitrogens with zero attached hydrogens (tertiary/aromatic N) is 1. The van der Waals surface area contributed by atoms with Crippen LogP contribution in [0.25, 0.3) is 11.0 Å². The van der Waals surface area contributed by atoms with Crippen molar-refractivity contribution in [2.75, 3.05) is 18.1 Å². The fourth-order valence-corrected chi connectivity index (χ4v) is 4.62. The van der Waals surface area contributed by atoms with E-state index in [2.05, 4.69) is 0 Å². The zero-order chi connectivity index (χ0) is 26.8. The first-order chi connectivity index (χ1) is 18.4. The molecule has 0 fully saturated rings. The molecule has 0 saturated heterocycles. The van der Waals surface area contributed by atoms with Gasteiger partial charge in [0.25, 0.3) is 5.91 Å². The smallest absolute Gasteiger partial charge is 0.338 e. The Kier molecular flexibility index (Phi) is 6.96. The van der Waals surface area contributed by atoms with E-state index in [1.165, 1.54) is 17.0 Å². The third-order valence-corrected chi connectivity index (χ3v) is 6.43. The van der Waals surface area contributed by atoms with E-state index in [4.69, 9.17) is 13.9 Å². The van der Waals surface area contributed by atoms with E-state index in [-0.39, 0.29) is 22.3 Å². The van der Waals surface area contributed by atoms with Crippen molar-refractivity contribution < 1.29 is 27.9 Å². The summed E-state index contributed by atoms with van der Waals surface area (Å²) in [4.78, 5) is 41.2. The Morgan fingerprint density at radius 3 is 2.55 bits per heavy atom. The number of hydrogen-bond acceptors (Lipinski definition) is 6. The second-order valence-corrected chi connectivity index (χ2v) is 8.93. The number of esters is 1. The van der Waals surface area contributed by atoms with Gasteiger partial charge in [-0.15, -0.1) is 0 Å². The molecule has 5 rings (SSSR count). The molecule has 1 amide bonds. The summed E-state index contributed by atoms with van der Waals surface area (Å²) in [5.41, 5.74) is 1.17. The second kappa shape index (κ2) is 10.5. The van der Waals surface area contributed by atoms with Gasteiger partial charge in [-0.1, -0.05) is 25.5 Å². The van der Waals surface area contributed by atoms with Crippen LogP contribution in [0.1, 0.15) is 64.8 Å². The molecule has 7 nitrogen and oxygen atoms in total. The minimum Gasteiger partial charge on any atom is -0.494 e.